The fourth-order valence-corrected chi connectivity index (χ4v) is 2.35. The van der Waals surface area contributed by atoms with E-state index in [9.17, 15) is 4.79 Å². The summed E-state index contributed by atoms with van der Waals surface area (Å²) in [5, 5.41) is 3.41. The molecule has 0 aliphatic carbocycles. The van der Waals surface area contributed by atoms with Crippen LogP contribution in [-0.4, -0.2) is 38.9 Å². The first kappa shape index (κ1) is 14.0. The average molecular weight is 263 g/mol. The topological polar surface area (TPSA) is 47.6 Å². The van der Waals surface area contributed by atoms with Crippen LogP contribution >= 0.6 is 0 Å². The molecule has 2 rings (SSSR count). The van der Waals surface area contributed by atoms with Crippen LogP contribution in [0.4, 0.5) is 0 Å². The molecule has 1 N–H and O–H groups in total. The van der Waals surface area contributed by atoms with Gasteiger partial charge < -0.3 is 14.8 Å². The molecule has 4 heteroatoms. The van der Waals surface area contributed by atoms with E-state index in [0.29, 0.717) is 12.6 Å². The first-order chi connectivity index (χ1) is 9.31. The van der Waals surface area contributed by atoms with E-state index in [0.717, 1.165) is 31.6 Å². The van der Waals surface area contributed by atoms with Gasteiger partial charge in [0, 0.05) is 19.2 Å². The van der Waals surface area contributed by atoms with Crippen molar-refractivity contribution in [1.29, 1.82) is 0 Å². The predicted octanol–water partition coefficient (Wildman–Crippen LogP) is 1.71. The molecule has 19 heavy (non-hydrogen) atoms. The number of nitrogens with one attached hydrogen (secondary N) is 1. The number of carbonyl (C=O) groups is 1. The minimum Gasteiger partial charge on any atom is -0.469 e. The van der Waals surface area contributed by atoms with Gasteiger partial charge in [0.25, 0.3) is 0 Å². The summed E-state index contributed by atoms with van der Waals surface area (Å²) in [6, 6.07) is 10.1. The number of methoxy groups -OCH3 is 1. The molecule has 0 aromatic heterocycles. The molecule has 1 fully saturated rings. The van der Waals surface area contributed by atoms with Crippen molar-refractivity contribution in [2.24, 2.45) is 0 Å². The molecule has 0 saturated carbocycles. The first-order valence-corrected chi connectivity index (χ1v) is 6.75. The third kappa shape index (κ3) is 4.04. The van der Waals surface area contributed by atoms with Crippen LogP contribution in [0, 0.1) is 0 Å². The van der Waals surface area contributed by atoms with Crippen LogP contribution in [0.15, 0.2) is 30.3 Å². The monoisotopic (exact) mass is 263 g/mol. The molecular weight excluding hydrogens is 242 g/mol. The molecular formula is C15H21NO3. The molecule has 104 valence electrons. The Morgan fingerprint density at radius 2 is 2.26 bits per heavy atom. The Labute approximate surface area is 114 Å². The largest absolute Gasteiger partial charge is 0.469 e. The summed E-state index contributed by atoms with van der Waals surface area (Å²) in [4.78, 5) is 11.9. The molecule has 1 aromatic carbocycles. The summed E-state index contributed by atoms with van der Waals surface area (Å²) < 4.78 is 10.3. The molecule has 1 aromatic rings. The van der Waals surface area contributed by atoms with Crippen LogP contribution in [0.25, 0.3) is 0 Å². The second-order valence-corrected chi connectivity index (χ2v) is 4.81. The Kier molecular flexibility index (Phi) is 5.36. The van der Waals surface area contributed by atoms with Gasteiger partial charge in [-0.15, -0.1) is 0 Å². The van der Waals surface area contributed by atoms with Crippen LogP contribution < -0.4 is 5.32 Å². The number of hydrogen-bond donors (Lipinski definition) is 1. The Bertz CT molecular complexity index is 388. The van der Waals surface area contributed by atoms with Gasteiger partial charge in [0.2, 0.25) is 0 Å². The normalized spacial score (nSPS) is 20.8. The number of ether oxygens (including phenoxy) is 2. The Hall–Kier alpha value is -1.39. The third-order valence-corrected chi connectivity index (χ3v) is 3.46. The smallest absolute Gasteiger partial charge is 0.314 e. The van der Waals surface area contributed by atoms with Gasteiger partial charge in [-0.05, 0) is 18.4 Å². The van der Waals surface area contributed by atoms with E-state index in [1.54, 1.807) is 0 Å². The van der Waals surface area contributed by atoms with Crippen molar-refractivity contribution in [3.63, 3.8) is 0 Å². The van der Waals surface area contributed by atoms with E-state index in [-0.39, 0.29) is 11.9 Å². The lowest BCUT2D eigenvalue weighted by Crippen LogP contribution is -2.40. The highest BCUT2D eigenvalue weighted by atomic mass is 16.5. The number of carbonyl (C=O) groups excluding carboxylic acids is 1. The Morgan fingerprint density at radius 3 is 2.89 bits per heavy atom. The lowest BCUT2D eigenvalue weighted by Gasteiger charge is -2.25. The van der Waals surface area contributed by atoms with E-state index in [4.69, 9.17) is 9.47 Å². The van der Waals surface area contributed by atoms with Gasteiger partial charge in [-0.2, -0.15) is 0 Å². The molecule has 2 unspecified atom stereocenters. The van der Waals surface area contributed by atoms with E-state index in [2.05, 4.69) is 5.32 Å². The van der Waals surface area contributed by atoms with Gasteiger partial charge in [-0.1, -0.05) is 30.3 Å². The second-order valence-electron chi connectivity index (χ2n) is 4.81. The minimum absolute atomic E-state index is 0.199. The molecule has 0 radical (unpaired) electrons. The lowest BCUT2D eigenvalue weighted by atomic mass is 9.98. The maximum atomic E-state index is 11.9. The molecule has 1 aliphatic rings. The number of hydrogen-bond acceptors (Lipinski definition) is 4. The molecule has 1 saturated heterocycles. The van der Waals surface area contributed by atoms with Crippen molar-refractivity contribution in [2.45, 2.75) is 24.8 Å². The highest BCUT2D eigenvalue weighted by molar-refractivity contribution is 5.78. The molecule has 2 atom stereocenters. The van der Waals surface area contributed by atoms with E-state index in [1.807, 2.05) is 30.3 Å². The standard InChI is InChI=1S/C15H21NO3/c1-18-15(17)14(12-6-3-2-4-7-12)10-16-13-8-5-9-19-11-13/h2-4,6-7,13-14,16H,5,8-11H2,1H3. The quantitative estimate of drug-likeness (QED) is 0.822. The molecule has 1 aliphatic heterocycles. The fourth-order valence-electron chi connectivity index (χ4n) is 2.35. The molecule has 0 spiro atoms. The molecule has 4 nitrogen and oxygen atoms in total. The number of rotatable bonds is 5. The Morgan fingerprint density at radius 1 is 1.47 bits per heavy atom. The van der Waals surface area contributed by atoms with Crippen LogP contribution in [-0.2, 0) is 14.3 Å². The summed E-state index contributed by atoms with van der Waals surface area (Å²) in [6.45, 7) is 2.16. The van der Waals surface area contributed by atoms with Crippen molar-refractivity contribution >= 4 is 5.97 Å². The SMILES string of the molecule is COC(=O)C(CNC1CCCOC1)c1ccccc1. The van der Waals surface area contributed by atoms with Crippen molar-refractivity contribution in [2.75, 3.05) is 26.9 Å². The van der Waals surface area contributed by atoms with Crippen molar-refractivity contribution in [3.8, 4) is 0 Å². The van der Waals surface area contributed by atoms with E-state index in [1.165, 1.54) is 7.11 Å². The van der Waals surface area contributed by atoms with E-state index >= 15 is 0 Å². The summed E-state index contributed by atoms with van der Waals surface area (Å²) >= 11 is 0. The zero-order valence-corrected chi connectivity index (χ0v) is 11.3. The lowest BCUT2D eigenvalue weighted by molar-refractivity contribution is -0.142. The molecule has 0 bridgehead atoms. The average Bonchev–Trinajstić information content (AvgIpc) is 2.49. The summed E-state index contributed by atoms with van der Waals surface area (Å²) in [5.41, 5.74) is 0.985. The van der Waals surface area contributed by atoms with Gasteiger partial charge in [0.1, 0.15) is 0 Å². The number of esters is 1. The summed E-state index contributed by atoms with van der Waals surface area (Å²) in [7, 11) is 1.43. The molecule has 0 amide bonds. The maximum absolute atomic E-state index is 11.9. The van der Waals surface area contributed by atoms with Gasteiger partial charge in [-0.3, -0.25) is 4.79 Å². The van der Waals surface area contributed by atoms with Crippen molar-refractivity contribution < 1.29 is 14.3 Å². The minimum atomic E-state index is -0.256. The first-order valence-electron chi connectivity index (χ1n) is 6.75. The Balaban J connectivity index is 1.96. The van der Waals surface area contributed by atoms with E-state index < -0.39 is 0 Å². The maximum Gasteiger partial charge on any atom is 0.314 e. The summed E-state index contributed by atoms with van der Waals surface area (Å²) in [5.74, 6) is -0.455. The second kappa shape index (κ2) is 7.26. The van der Waals surface area contributed by atoms with Gasteiger partial charge in [-0.25, -0.2) is 0 Å². The van der Waals surface area contributed by atoms with Gasteiger partial charge in [0.05, 0.1) is 19.6 Å². The highest BCUT2D eigenvalue weighted by Gasteiger charge is 2.23. The van der Waals surface area contributed by atoms with Crippen LogP contribution in [0.5, 0.6) is 0 Å². The predicted molar refractivity (Wildman–Crippen MR) is 73.0 cm³/mol. The van der Waals surface area contributed by atoms with Gasteiger partial charge >= 0.3 is 5.97 Å². The number of benzene rings is 1. The third-order valence-electron chi connectivity index (χ3n) is 3.46. The zero-order valence-electron chi connectivity index (χ0n) is 11.3. The highest BCUT2D eigenvalue weighted by Crippen LogP contribution is 2.17. The van der Waals surface area contributed by atoms with Crippen LogP contribution in [0.2, 0.25) is 0 Å². The zero-order chi connectivity index (χ0) is 13.5. The van der Waals surface area contributed by atoms with Crippen LogP contribution in [0.3, 0.4) is 0 Å². The van der Waals surface area contributed by atoms with Crippen LogP contribution in [0.1, 0.15) is 24.3 Å². The van der Waals surface area contributed by atoms with Crippen molar-refractivity contribution in [3.05, 3.63) is 35.9 Å². The van der Waals surface area contributed by atoms with Gasteiger partial charge in [0.15, 0.2) is 0 Å². The fraction of sp³-hybridized carbons (Fsp3) is 0.533. The summed E-state index contributed by atoms with van der Waals surface area (Å²) in [6.07, 6.45) is 2.18. The van der Waals surface area contributed by atoms with Crippen molar-refractivity contribution in [1.82, 2.24) is 5.32 Å². The molecule has 1 heterocycles.